The van der Waals surface area contributed by atoms with Crippen molar-refractivity contribution < 1.29 is 0 Å². The number of rotatable bonds is 2. The Morgan fingerprint density at radius 1 is 1.28 bits per heavy atom. The average Bonchev–Trinajstić information content (AvgIpc) is 2.88. The highest BCUT2D eigenvalue weighted by atomic mass is 32.1. The van der Waals surface area contributed by atoms with Crippen LogP contribution in [-0.2, 0) is 0 Å². The van der Waals surface area contributed by atoms with Gasteiger partial charge in [-0.3, -0.25) is 0 Å². The van der Waals surface area contributed by atoms with Crippen LogP contribution in [0.3, 0.4) is 0 Å². The molecule has 2 atom stereocenters. The van der Waals surface area contributed by atoms with Crippen molar-refractivity contribution in [2.75, 3.05) is 18.0 Å². The Bertz CT molecular complexity index is 471. The molecule has 0 spiro atoms. The first-order valence-corrected chi connectivity index (χ1v) is 7.21. The van der Waals surface area contributed by atoms with E-state index in [0.717, 1.165) is 17.4 Å². The number of aryl methyl sites for hydroxylation is 1. The second-order valence-corrected chi connectivity index (χ2v) is 6.18. The van der Waals surface area contributed by atoms with Crippen molar-refractivity contribution in [3.63, 3.8) is 0 Å². The summed E-state index contributed by atoms with van der Waals surface area (Å²) in [6.45, 7) is 4.46. The highest BCUT2D eigenvalue weighted by Crippen LogP contribution is 2.40. The van der Waals surface area contributed by atoms with Crippen LogP contribution in [0.4, 0.5) is 5.69 Å². The van der Waals surface area contributed by atoms with Gasteiger partial charge in [-0.1, -0.05) is 30.3 Å². The van der Waals surface area contributed by atoms with Gasteiger partial charge >= 0.3 is 0 Å². The predicted molar refractivity (Wildman–Crippen MR) is 80.1 cm³/mol. The molecule has 1 aromatic carbocycles. The van der Waals surface area contributed by atoms with Crippen LogP contribution in [-0.4, -0.2) is 18.1 Å². The number of thiocarbonyl (C=S) groups is 1. The second-order valence-electron chi connectivity index (χ2n) is 5.74. The van der Waals surface area contributed by atoms with Gasteiger partial charge in [-0.2, -0.15) is 0 Å². The summed E-state index contributed by atoms with van der Waals surface area (Å²) in [5.41, 5.74) is 9.38. The zero-order chi connectivity index (χ0) is 12.7. The van der Waals surface area contributed by atoms with Gasteiger partial charge in [-0.15, -0.1) is 0 Å². The maximum Gasteiger partial charge on any atom is 0.106 e. The van der Waals surface area contributed by atoms with Crippen molar-refractivity contribution in [1.29, 1.82) is 0 Å². The minimum Gasteiger partial charge on any atom is -0.389 e. The summed E-state index contributed by atoms with van der Waals surface area (Å²) < 4.78 is 0. The average molecular weight is 260 g/mol. The molecule has 0 aromatic heterocycles. The lowest BCUT2D eigenvalue weighted by molar-refractivity contribution is 0.494. The summed E-state index contributed by atoms with van der Waals surface area (Å²) >= 11 is 5.20. The quantitative estimate of drug-likeness (QED) is 0.829. The normalized spacial score (nSPS) is 26.4. The highest BCUT2D eigenvalue weighted by Gasteiger charge is 2.36. The van der Waals surface area contributed by atoms with Crippen molar-refractivity contribution in [3.05, 3.63) is 29.3 Å². The zero-order valence-corrected chi connectivity index (χ0v) is 11.7. The molecular formula is C15H20N2S. The minimum atomic E-state index is 0.519. The largest absolute Gasteiger partial charge is 0.389 e. The van der Waals surface area contributed by atoms with Gasteiger partial charge < -0.3 is 10.6 Å². The third-order valence-corrected chi connectivity index (χ3v) is 4.70. The van der Waals surface area contributed by atoms with Crippen LogP contribution in [0, 0.1) is 18.8 Å². The van der Waals surface area contributed by atoms with E-state index in [0.29, 0.717) is 4.99 Å². The van der Waals surface area contributed by atoms with Gasteiger partial charge in [-0.05, 0) is 43.7 Å². The molecule has 1 aliphatic carbocycles. The molecular weight excluding hydrogens is 240 g/mol. The molecule has 1 saturated heterocycles. The van der Waals surface area contributed by atoms with Crippen LogP contribution in [0.25, 0.3) is 0 Å². The lowest BCUT2D eigenvalue weighted by Crippen LogP contribution is -2.24. The lowest BCUT2D eigenvalue weighted by Gasteiger charge is -2.23. The molecule has 3 rings (SSSR count). The van der Waals surface area contributed by atoms with E-state index in [4.69, 9.17) is 18.0 Å². The molecule has 18 heavy (non-hydrogen) atoms. The number of nitrogens with zero attached hydrogens (tertiary/aromatic N) is 1. The van der Waals surface area contributed by atoms with E-state index in [1.54, 1.807) is 0 Å². The Hall–Kier alpha value is -1.09. The first kappa shape index (κ1) is 12.0. The molecule has 96 valence electrons. The number of benzene rings is 1. The van der Waals surface area contributed by atoms with E-state index in [9.17, 15) is 0 Å². The molecule has 2 unspecified atom stereocenters. The van der Waals surface area contributed by atoms with Gasteiger partial charge in [-0.25, -0.2) is 0 Å². The van der Waals surface area contributed by atoms with Crippen LogP contribution >= 0.6 is 12.2 Å². The van der Waals surface area contributed by atoms with E-state index >= 15 is 0 Å². The summed E-state index contributed by atoms with van der Waals surface area (Å²) in [6, 6.07) is 6.46. The molecule has 3 heteroatoms. The number of nitrogens with two attached hydrogens (primary N) is 1. The lowest BCUT2D eigenvalue weighted by atomic mass is 10.0. The number of anilines is 1. The maximum absolute atomic E-state index is 5.87. The Morgan fingerprint density at radius 3 is 2.56 bits per heavy atom. The Kier molecular flexibility index (Phi) is 3.02. The fraction of sp³-hybridized carbons (Fsp3) is 0.533. The van der Waals surface area contributed by atoms with Crippen LogP contribution < -0.4 is 10.6 Å². The Balaban J connectivity index is 1.90. The molecule has 0 radical (unpaired) electrons. The summed E-state index contributed by atoms with van der Waals surface area (Å²) in [7, 11) is 0. The molecule has 0 bridgehead atoms. The SMILES string of the molecule is Cc1ccc(N2CC3CCCC3C2)c(C(N)=S)c1. The molecule has 2 fully saturated rings. The monoisotopic (exact) mass is 260 g/mol. The second kappa shape index (κ2) is 4.54. The summed E-state index contributed by atoms with van der Waals surface area (Å²) in [5.74, 6) is 1.79. The van der Waals surface area contributed by atoms with Crippen LogP contribution in [0.5, 0.6) is 0 Å². The maximum atomic E-state index is 5.87. The Morgan fingerprint density at radius 2 is 1.94 bits per heavy atom. The Labute approximate surface area is 114 Å². The fourth-order valence-electron chi connectivity index (χ4n) is 3.55. The first-order valence-electron chi connectivity index (χ1n) is 6.80. The number of fused-ring (bicyclic) bond motifs is 1. The zero-order valence-electron chi connectivity index (χ0n) is 10.9. The molecule has 2 nitrogen and oxygen atoms in total. The van der Waals surface area contributed by atoms with E-state index in [-0.39, 0.29) is 0 Å². The molecule has 1 saturated carbocycles. The van der Waals surface area contributed by atoms with Crippen LogP contribution in [0.1, 0.15) is 30.4 Å². The van der Waals surface area contributed by atoms with E-state index in [1.807, 2.05) is 0 Å². The van der Waals surface area contributed by atoms with Crippen molar-refractivity contribution in [2.45, 2.75) is 26.2 Å². The molecule has 0 amide bonds. The van der Waals surface area contributed by atoms with Crippen molar-refractivity contribution in [1.82, 2.24) is 0 Å². The topological polar surface area (TPSA) is 29.3 Å². The van der Waals surface area contributed by atoms with Crippen LogP contribution in [0.15, 0.2) is 18.2 Å². The van der Waals surface area contributed by atoms with E-state index < -0.39 is 0 Å². The number of hydrogen-bond donors (Lipinski definition) is 1. The molecule has 2 N–H and O–H groups in total. The van der Waals surface area contributed by atoms with Gasteiger partial charge in [0.05, 0.1) is 0 Å². The van der Waals surface area contributed by atoms with Crippen molar-refractivity contribution in [2.24, 2.45) is 17.6 Å². The van der Waals surface area contributed by atoms with E-state index in [1.165, 1.54) is 43.6 Å². The fourth-order valence-corrected chi connectivity index (χ4v) is 3.72. The predicted octanol–water partition coefficient (Wildman–Crippen LogP) is 2.87. The van der Waals surface area contributed by atoms with Crippen LogP contribution in [0.2, 0.25) is 0 Å². The van der Waals surface area contributed by atoms with Gasteiger partial charge in [0.1, 0.15) is 4.99 Å². The standard InChI is InChI=1S/C15H20N2S/c1-10-5-6-14(13(7-10)15(16)18)17-8-11-3-2-4-12(11)9-17/h5-7,11-12H,2-4,8-9H2,1H3,(H2,16,18). The van der Waals surface area contributed by atoms with Gasteiger partial charge in [0.15, 0.2) is 0 Å². The van der Waals surface area contributed by atoms with Gasteiger partial charge in [0.25, 0.3) is 0 Å². The molecule has 1 heterocycles. The summed E-state index contributed by atoms with van der Waals surface area (Å²) in [6.07, 6.45) is 4.21. The third-order valence-electron chi connectivity index (χ3n) is 4.48. The molecule has 1 aromatic rings. The summed E-state index contributed by atoms with van der Waals surface area (Å²) in [4.78, 5) is 3.01. The third kappa shape index (κ3) is 2.01. The summed E-state index contributed by atoms with van der Waals surface area (Å²) in [5, 5.41) is 0. The smallest absolute Gasteiger partial charge is 0.106 e. The van der Waals surface area contributed by atoms with Crippen molar-refractivity contribution >= 4 is 22.9 Å². The first-order chi connectivity index (χ1) is 8.65. The molecule has 2 aliphatic rings. The number of hydrogen-bond acceptors (Lipinski definition) is 2. The van der Waals surface area contributed by atoms with Gasteiger partial charge in [0, 0.05) is 24.3 Å². The van der Waals surface area contributed by atoms with Crippen molar-refractivity contribution in [3.8, 4) is 0 Å². The molecule has 1 aliphatic heterocycles. The highest BCUT2D eigenvalue weighted by molar-refractivity contribution is 7.80. The van der Waals surface area contributed by atoms with E-state index in [2.05, 4.69) is 30.0 Å². The minimum absolute atomic E-state index is 0.519. The van der Waals surface area contributed by atoms with Gasteiger partial charge in [0.2, 0.25) is 0 Å².